The molecule has 2 aliphatic rings. The summed E-state index contributed by atoms with van der Waals surface area (Å²) in [6.07, 6.45) is 2.81. The van der Waals surface area contributed by atoms with Gasteiger partial charge in [-0.05, 0) is 52.6 Å². The Hall–Kier alpha value is -0.610. The second kappa shape index (κ2) is 5.83. The quantitative estimate of drug-likeness (QED) is 0.677. The number of aliphatic carboxylic acids is 1. The van der Waals surface area contributed by atoms with E-state index in [1.54, 1.807) is 0 Å². The Kier molecular flexibility index (Phi) is 4.95. The van der Waals surface area contributed by atoms with E-state index in [0.29, 0.717) is 5.54 Å². The molecule has 2 N–H and O–H groups in total. The first kappa shape index (κ1) is 14.5. The zero-order valence-electron chi connectivity index (χ0n) is 11.5. The van der Waals surface area contributed by atoms with E-state index in [2.05, 4.69) is 31.0 Å². The van der Waals surface area contributed by atoms with E-state index in [-0.39, 0.29) is 0 Å². The maximum Gasteiger partial charge on any atom is 0.300 e. The fourth-order valence-corrected chi connectivity index (χ4v) is 2.90. The lowest BCUT2D eigenvalue weighted by Gasteiger charge is -2.40. The zero-order valence-corrected chi connectivity index (χ0v) is 11.5. The Bertz CT molecular complexity index is 257. The van der Waals surface area contributed by atoms with Gasteiger partial charge in [-0.15, -0.1) is 0 Å². The highest BCUT2D eigenvalue weighted by Gasteiger charge is 2.40. The highest BCUT2D eigenvalue weighted by molar-refractivity contribution is 5.62. The minimum atomic E-state index is -0.833. The molecule has 2 heterocycles. The smallest absolute Gasteiger partial charge is 0.300 e. The van der Waals surface area contributed by atoms with Gasteiger partial charge in [-0.3, -0.25) is 9.69 Å². The molecule has 2 fully saturated rings. The molecule has 0 aromatic rings. The molecule has 0 aliphatic carbocycles. The Morgan fingerprint density at radius 2 is 1.94 bits per heavy atom. The summed E-state index contributed by atoms with van der Waals surface area (Å²) in [5, 5.41) is 10.9. The highest BCUT2D eigenvalue weighted by atomic mass is 16.4. The van der Waals surface area contributed by atoms with Crippen molar-refractivity contribution in [3.63, 3.8) is 0 Å². The molecule has 2 saturated heterocycles. The van der Waals surface area contributed by atoms with Crippen molar-refractivity contribution >= 4 is 5.97 Å². The van der Waals surface area contributed by atoms with Crippen molar-refractivity contribution in [3.8, 4) is 0 Å². The molecule has 2 unspecified atom stereocenters. The summed E-state index contributed by atoms with van der Waals surface area (Å²) in [7, 11) is 0. The van der Waals surface area contributed by atoms with Gasteiger partial charge in [0, 0.05) is 25.0 Å². The molecule has 4 heteroatoms. The van der Waals surface area contributed by atoms with Gasteiger partial charge in [-0.25, -0.2) is 0 Å². The number of rotatable bonds is 0. The van der Waals surface area contributed by atoms with Crippen molar-refractivity contribution < 1.29 is 9.90 Å². The predicted molar refractivity (Wildman–Crippen MR) is 69.2 cm³/mol. The van der Waals surface area contributed by atoms with Gasteiger partial charge in [-0.1, -0.05) is 0 Å². The molecule has 0 radical (unpaired) electrons. The maximum atomic E-state index is 9.00. The van der Waals surface area contributed by atoms with Gasteiger partial charge in [0.25, 0.3) is 5.97 Å². The van der Waals surface area contributed by atoms with Gasteiger partial charge in [0.05, 0.1) is 0 Å². The van der Waals surface area contributed by atoms with Crippen LogP contribution in [0.1, 0.15) is 40.5 Å². The van der Waals surface area contributed by atoms with E-state index < -0.39 is 5.97 Å². The average Bonchev–Trinajstić information content (AvgIpc) is 2.58. The van der Waals surface area contributed by atoms with E-state index >= 15 is 0 Å². The van der Waals surface area contributed by atoms with Crippen LogP contribution in [0, 0.1) is 5.92 Å². The van der Waals surface area contributed by atoms with Crippen LogP contribution >= 0.6 is 0 Å². The molecule has 2 aliphatic heterocycles. The molecule has 0 spiro atoms. The lowest BCUT2D eigenvalue weighted by atomic mass is 9.92. The summed E-state index contributed by atoms with van der Waals surface area (Å²) >= 11 is 0. The monoisotopic (exact) mass is 242 g/mol. The summed E-state index contributed by atoms with van der Waals surface area (Å²) < 4.78 is 0. The first-order valence-electron chi connectivity index (χ1n) is 6.49. The Labute approximate surface area is 104 Å². The number of nitrogens with zero attached hydrogens (tertiary/aromatic N) is 1. The van der Waals surface area contributed by atoms with Crippen molar-refractivity contribution in [3.05, 3.63) is 0 Å². The fraction of sp³-hybridized carbons (Fsp3) is 0.923. The first-order chi connectivity index (χ1) is 7.82. The third-order valence-corrected chi connectivity index (χ3v) is 3.59. The SMILES string of the molecule is CC(=O)O.CC(C)(C)N1CCC2CCNCC21. The molecular weight excluding hydrogens is 216 g/mol. The van der Waals surface area contributed by atoms with Crippen LogP contribution in [-0.4, -0.2) is 47.2 Å². The zero-order chi connectivity index (χ0) is 13.1. The predicted octanol–water partition coefficient (Wildman–Crippen LogP) is 1.56. The second-order valence-electron chi connectivity index (χ2n) is 5.99. The minimum absolute atomic E-state index is 0.360. The van der Waals surface area contributed by atoms with Crippen LogP contribution in [0.25, 0.3) is 0 Å². The maximum absolute atomic E-state index is 9.00. The van der Waals surface area contributed by atoms with Crippen LogP contribution in [0.4, 0.5) is 0 Å². The van der Waals surface area contributed by atoms with Crippen molar-refractivity contribution in [2.75, 3.05) is 19.6 Å². The minimum Gasteiger partial charge on any atom is -0.481 e. The van der Waals surface area contributed by atoms with E-state index in [0.717, 1.165) is 18.9 Å². The van der Waals surface area contributed by atoms with E-state index in [9.17, 15) is 0 Å². The van der Waals surface area contributed by atoms with Gasteiger partial charge < -0.3 is 10.4 Å². The van der Waals surface area contributed by atoms with Crippen molar-refractivity contribution in [2.45, 2.75) is 52.1 Å². The number of piperidine rings is 1. The van der Waals surface area contributed by atoms with Gasteiger partial charge in [0.15, 0.2) is 0 Å². The molecule has 0 aromatic heterocycles. The van der Waals surface area contributed by atoms with Crippen LogP contribution in [0.2, 0.25) is 0 Å². The van der Waals surface area contributed by atoms with Gasteiger partial charge in [-0.2, -0.15) is 0 Å². The number of carbonyl (C=O) groups is 1. The largest absolute Gasteiger partial charge is 0.481 e. The van der Waals surface area contributed by atoms with Crippen molar-refractivity contribution in [1.82, 2.24) is 10.2 Å². The third kappa shape index (κ3) is 4.28. The Balaban J connectivity index is 0.000000317. The molecule has 0 saturated carbocycles. The normalized spacial score (nSPS) is 29.2. The standard InChI is InChI=1S/C11H22N2.C2H4O2/c1-11(2,3)13-7-5-9-4-6-12-8-10(9)13;1-2(3)4/h9-10,12H,4-8H2,1-3H3;1H3,(H,3,4). The Morgan fingerprint density at radius 3 is 2.47 bits per heavy atom. The number of likely N-dealkylation sites (tertiary alicyclic amines) is 1. The van der Waals surface area contributed by atoms with Gasteiger partial charge >= 0.3 is 0 Å². The second-order valence-corrected chi connectivity index (χ2v) is 5.99. The number of fused-ring (bicyclic) bond motifs is 1. The molecule has 4 nitrogen and oxygen atoms in total. The molecule has 100 valence electrons. The van der Waals surface area contributed by atoms with E-state index in [1.165, 1.54) is 32.5 Å². The van der Waals surface area contributed by atoms with Crippen LogP contribution in [0.15, 0.2) is 0 Å². The van der Waals surface area contributed by atoms with Crippen LogP contribution in [0.3, 0.4) is 0 Å². The van der Waals surface area contributed by atoms with E-state index in [1.807, 2.05) is 0 Å². The van der Waals surface area contributed by atoms with Crippen LogP contribution in [-0.2, 0) is 4.79 Å². The summed E-state index contributed by atoms with van der Waals surface area (Å²) in [6, 6.07) is 0.814. The number of carboxylic acids is 1. The molecule has 2 atom stereocenters. The molecule has 0 aromatic carbocycles. The number of hydrogen-bond acceptors (Lipinski definition) is 3. The molecule has 0 bridgehead atoms. The van der Waals surface area contributed by atoms with Gasteiger partial charge in [0.1, 0.15) is 0 Å². The van der Waals surface area contributed by atoms with Crippen molar-refractivity contribution in [1.29, 1.82) is 0 Å². The number of carboxylic acid groups (broad SMARTS) is 1. The molecule has 17 heavy (non-hydrogen) atoms. The number of nitrogens with one attached hydrogen (secondary N) is 1. The summed E-state index contributed by atoms with van der Waals surface area (Å²) in [5.41, 5.74) is 0.360. The molecule has 2 rings (SSSR count). The first-order valence-corrected chi connectivity index (χ1v) is 6.49. The van der Waals surface area contributed by atoms with Crippen LogP contribution in [0.5, 0.6) is 0 Å². The Morgan fingerprint density at radius 1 is 1.35 bits per heavy atom. The molecule has 0 amide bonds. The summed E-state index contributed by atoms with van der Waals surface area (Å²) in [6.45, 7) is 11.8. The number of hydrogen-bond donors (Lipinski definition) is 2. The highest BCUT2D eigenvalue weighted by Crippen LogP contribution is 2.33. The average molecular weight is 242 g/mol. The summed E-state index contributed by atoms with van der Waals surface area (Å²) in [4.78, 5) is 11.7. The van der Waals surface area contributed by atoms with Crippen LogP contribution < -0.4 is 5.32 Å². The van der Waals surface area contributed by atoms with Gasteiger partial charge in [0.2, 0.25) is 0 Å². The lowest BCUT2D eigenvalue weighted by molar-refractivity contribution is -0.134. The molecular formula is C13H26N2O2. The van der Waals surface area contributed by atoms with Crippen molar-refractivity contribution in [2.24, 2.45) is 5.92 Å². The fourth-order valence-electron chi connectivity index (χ4n) is 2.90. The summed E-state index contributed by atoms with van der Waals surface area (Å²) in [5.74, 6) is 0.139. The topological polar surface area (TPSA) is 52.6 Å². The third-order valence-electron chi connectivity index (χ3n) is 3.59. The van der Waals surface area contributed by atoms with E-state index in [4.69, 9.17) is 9.90 Å². The lowest BCUT2D eigenvalue weighted by Crippen LogP contribution is -2.52.